The van der Waals surface area contributed by atoms with Gasteiger partial charge in [0.1, 0.15) is 5.75 Å². The van der Waals surface area contributed by atoms with E-state index >= 15 is 0 Å². The van der Waals surface area contributed by atoms with Crippen LogP contribution in [0.5, 0.6) is 5.75 Å². The SMILES string of the molecule is Cc1cccc(O[C@H](C)C(=O)NCCSCc2ccccc2C)c1. The molecule has 4 heteroatoms. The molecule has 128 valence electrons. The molecule has 0 bridgehead atoms. The second kappa shape index (κ2) is 9.38. The molecule has 1 N–H and O–H groups in total. The van der Waals surface area contributed by atoms with E-state index in [1.807, 2.05) is 43.0 Å². The maximum absolute atomic E-state index is 12.1. The molecule has 0 spiro atoms. The Morgan fingerprint density at radius 2 is 1.96 bits per heavy atom. The van der Waals surface area contributed by atoms with Crippen molar-refractivity contribution >= 4 is 17.7 Å². The molecule has 3 nitrogen and oxygen atoms in total. The number of amides is 1. The van der Waals surface area contributed by atoms with E-state index < -0.39 is 6.10 Å². The smallest absolute Gasteiger partial charge is 0.260 e. The fraction of sp³-hybridized carbons (Fsp3) is 0.350. The summed E-state index contributed by atoms with van der Waals surface area (Å²) < 4.78 is 5.68. The van der Waals surface area contributed by atoms with Crippen molar-refractivity contribution in [3.63, 3.8) is 0 Å². The highest BCUT2D eigenvalue weighted by molar-refractivity contribution is 7.98. The number of carbonyl (C=O) groups excluding carboxylic acids is 1. The molecule has 0 fully saturated rings. The Balaban J connectivity index is 1.66. The van der Waals surface area contributed by atoms with Crippen molar-refractivity contribution in [2.24, 2.45) is 0 Å². The van der Waals surface area contributed by atoms with E-state index in [0.29, 0.717) is 6.54 Å². The van der Waals surface area contributed by atoms with Crippen LogP contribution >= 0.6 is 11.8 Å². The summed E-state index contributed by atoms with van der Waals surface area (Å²) in [6.07, 6.45) is -0.492. The first-order valence-corrected chi connectivity index (χ1v) is 9.35. The van der Waals surface area contributed by atoms with Crippen LogP contribution in [-0.4, -0.2) is 24.3 Å². The van der Waals surface area contributed by atoms with Gasteiger partial charge in [-0.15, -0.1) is 0 Å². The quantitative estimate of drug-likeness (QED) is 0.733. The van der Waals surface area contributed by atoms with Crippen LogP contribution < -0.4 is 10.1 Å². The molecule has 0 heterocycles. The molecule has 0 saturated carbocycles. The van der Waals surface area contributed by atoms with Crippen molar-refractivity contribution in [2.45, 2.75) is 32.6 Å². The van der Waals surface area contributed by atoms with E-state index in [2.05, 4.69) is 36.5 Å². The van der Waals surface area contributed by atoms with Crippen molar-refractivity contribution in [3.05, 3.63) is 65.2 Å². The summed E-state index contributed by atoms with van der Waals surface area (Å²) in [6.45, 7) is 6.56. The van der Waals surface area contributed by atoms with Crippen LogP contribution in [0.15, 0.2) is 48.5 Å². The Labute approximate surface area is 148 Å². The molecule has 0 radical (unpaired) electrons. The third kappa shape index (κ3) is 5.93. The zero-order valence-electron chi connectivity index (χ0n) is 14.5. The van der Waals surface area contributed by atoms with Gasteiger partial charge in [0.15, 0.2) is 6.10 Å². The number of hydrogen-bond donors (Lipinski definition) is 1. The van der Waals surface area contributed by atoms with E-state index in [0.717, 1.165) is 22.8 Å². The Hall–Kier alpha value is -1.94. The lowest BCUT2D eigenvalue weighted by Gasteiger charge is -2.15. The highest BCUT2D eigenvalue weighted by atomic mass is 32.2. The van der Waals surface area contributed by atoms with E-state index in [1.165, 1.54) is 11.1 Å². The van der Waals surface area contributed by atoms with E-state index in [1.54, 1.807) is 6.92 Å². The molecular weight excluding hydrogens is 318 g/mol. The van der Waals surface area contributed by atoms with Crippen LogP contribution in [0.25, 0.3) is 0 Å². The maximum atomic E-state index is 12.1. The number of nitrogens with one attached hydrogen (secondary N) is 1. The van der Waals surface area contributed by atoms with E-state index in [9.17, 15) is 4.79 Å². The van der Waals surface area contributed by atoms with E-state index in [4.69, 9.17) is 4.74 Å². The van der Waals surface area contributed by atoms with Gasteiger partial charge in [-0.3, -0.25) is 4.79 Å². The predicted molar refractivity (Wildman–Crippen MR) is 102 cm³/mol. The standard InChI is InChI=1S/C20H25NO2S/c1-15-7-6-10-19(13-15)23-17(3)20(22)21-11-12-24-14-18-9-5-4-8-16(18)2/h4-10,13,17H,11-12,14H2,1-3H3,(H,21,22)/t17-/m1/s1. The molecule has 2 rings (SSSR count). The predicted octanol–water partition coefficient (Wildman–Crippen LogP) is 4.12. The van der Waals surface area contributed by atoms with Crippen molar-refractivity contribution in [1.29, 1.82) is 0 Å². The third-order valence-corrected chi connectivity index (χ3v) is 4.74. The second-order valence-corrected chi connectivity index (χ2v) is 6.95. The number of thioether (sulfide) groups is 1. The van der Waals surface area contributed by atoms with Crippen molar-refractivity contribution in [1.82, 2.24) is 5.32 Å². The first-order valence-electron chi connectivity index (χ1n) is 8.19. The fourth-order valence-corrected chi connectivity index (χ4v) is 3.23. The maximum Gasteiger partial charge on any atom is 0.260 e. The third-order valence-electron chi connectivity index (χ3n) is 3.74. The molecule has 0 aliphatic carbocycles. The molecule has 0 saturated heterocycles. The summed E-state index contributed by atoms with van der Waals surface area (Å²) in [5.41, 5.74) is 3.78. The summed E-state index contributed by atoms with van der Waals surface area (Å²) >= 11 is 1.82. The van der Waals surface area contributed by atoms with E-state index in [-0.39, 0.29) is 5.91 Å². The zero-order valence-corrected chi connectivity index (χ0v) is 15.4. The molecule has 1 amide bonds. The minimum Gasteiger partial charge on any atom is -0.481 e. The highest BCUT2D eigenvalue weighted by Gasteiger charge is 2.13. The van der Waals surface area contributed by atoms with Gasteiger partial charge in [-0.25, -0.2) is 0 Å². The summed E-state index contributed by atoms with van der Waals surface area (Å²) in [5.74, 6) is 2.51. The topological polar surface area (TPSA) is 38.3 Å². The van der Waals surface area contributed by atoms with Crippen LogP contribution in [0.4, 0.5) is 0 Å². The minimum atomic E-state index is -0.492. The molecule has 0 unspecified atom stereocenters. The summed E-state index contributed by atoms with van der Waals surface area (Å²) in [5, 5.41) is 2.93. The average Bonchev–Trinajstić information content (AvgIpc) is 2.56. The van der Waals surface area contributed by atoms with Gasteiger partial charge < -0.3 is 10.1 Å². The summed E-state index contributed by atoms with van der Waals surface area (Å²) in [4.78, 5) is 12.1. The molecular formula is C20H25NO2S. The van der Waals surface area contributed by atoms with Gasteiger partial charge >= 0.3 is 0 Å². The fourth-order valence-electron chi connectivity index (χ4n) is 2.29. The van der Waals surface area contributed by atoms with Gasteiger partial charge in [-0.2, -0.15) is 11.8 Å². The zero-order chi connectivity index (χ0) is 17.4. The molecule has 24 heavy (non-hydrogen) atoms. The number of rotatable bonds is 8. The van der Waals surface area contributed by atoms with Crippen molar-refractivity contribution < 1.29 is 9.53 Å². The summed E-state index contributed by atoms with van der Waals surface area (Å²) in [7, 11) is 0. The van der Waals surface area contributed by atoms with Gasteiger partial charge in [0, 0.05) is 18.1 Å². The monoisotopic (exact) mass is 343 g/mol. The lowest BCUT2D eigenvalue weighted by molar-refractivity contribution is -0.127. The molecule has 1 atom stereocenters. The molecule has 0 aliphatic rings. The molecule has 0 aliphatic heterocycles. The van der Waals surface area contributed by atoms with Crippen LogP contribution in [0.3, 0.4) is 0 Å². The largest absolute Gasteiger partial charge is 0.481 e. The lowest BCUT2D eigenvalue weighted by Crippen LogP contribution is -2.37. The Kier molecular flexibility index (Phi) is 7.19. The summed E-state index contributed by atoms with van der Waals surface area (Å²) in [6, 6.07) is 16.1. The van der Waals surface area contributed by atoms with Gasteiger partial charge in [0.25, 0.3) is 5.91 Å². The normalized spacial score (nSPS) is 11.8. The number of carbonyl (C=O) groups is 1. The van der Waals surface area contributed by atoms with Crippen LogP contribution in [-0.2, 0) is 10.5 Å². The first-order chi connectivity index (χ1) is 11.6. The highest BCUT2D eigenvalue weighted by Crippen LogP contribution is 2.16. The van der Waals surface area contributed by atoms with Crippen LogP contribution in [0.2, 0.25) is 0 Å². The van der Waals surface area contributed by atoms with Gasteiger partial charge in [0.2, 0.25) is 0 Å². The lowest BCUT2D eigenvalue weighted by atomic mass is 10.1. The Morgan fingerprint density at radius 1 is 1.17 bits per heavy atom. The Morgan fingerprint density at radius 3 is 2.71 bits per heavy atom. The molecule has 2 aromatic carbocycles. The molecule has 2 aromatic rings. The van der Waals surface area contributed by atoms with Crippen LogP contribution in [0, 0.1) is 13.8 Å². The van der Waals surface area contributed by atoms with Gasteiger partial charge in [0.05, 0.1) is 0 Å². The van der Waals surface area contributed by atoms with Crippen LogP contribution in [0.1, 0.15) is 23.6 Å². The van der Waals surface area contributed by atoms with Gasteiger partial charge in [-0.05, 0) is 49.6 Å². The number of ether oxygens (including phenoxy) is 1. The number of aryl methyl sites for hydroxylation is 2. The second-order valence-electron chi connectivity index (χ2n) is 5.85. The number of hydrogen-bond acceptors (Lipinski definition) is 3. The number of benzene rings is 2. The van der Waals surface area contributed by atoms with Crippen molar-refractivity contribution in [3.8, 4) is 5.75 Å². The first kappa shape index (κ1) is 18.4. The minimum absolute atomic E-state index is 0.0759. The average molecular weight is 343 g/mol. The van der Waals surface area contributed by atoms with Crippen molar-refractivity contribution in [2.75, 3.05) is 12.3 Å². The molecule has 0 aromatic heterocycles. The Bertz CT molecular complexity index is 672. The van der Waals surface area contributed by atoms with Gasteiger partial charge in [-0.1, -0.05) is 36.4 Å².